The second-order valence-electron chi connectivity index (χ2n) is 30.0. The fourth-order valence-corrected chi connectivity index (χ4v) is 14.3. The highest BCUT2D eigenvalue weighted by molar-refractivity contribution is 7.47. The lowest BCUT2D eigenvalue weighted by Gasteiger charge is -2.21. The summed E-state index contributed by atoms with van der Waals surface area (Å²) < 4.78 is 68.8. The van der Waals surface area contributed by atoms with Crippen LogP contribution in [0, 0.1) is 5.92 Å². The summed E-state index contributed by atoms with van der Waals surface area (Å²) in [4.78, 5) is 73.1. The van der Waals surface area contributed by atoms with Crippen LogP contribution in [0.5, 0.6) is 0 Å². The number of hydrogen-bond acceptors (Lipinski definition) is 15. The van der Waals surface area contributed by atoms with Gasteiger partial charge in [-0.1, -0.05) is 388 Å². The summed E-state index contributed by atoms with van der Waals surface area (Å²) in [6, 6.07) is 0. The van der Waals surface area contributed by atoms with Gasteiger partial charge in [0.1, 0.15) is 19.3 Å². The summed E-state index contributed by atoms with van der Waals surface area (Å²) >= 11 is 0. The molecule has 2 unspecified atom stereocenters. The second kappa shape index (κ2) is 74.9. The van der Waals surface area contributed by atoms with E-state index < -0.39 is 97.5 Å². The van der Waals surface area contributed by atoms with Gasteiger partial charge in [0.2, 0.25) is 0 Å². The third-order valence-electron chi connectivity index (χ3n) is 19.3. The first-order valence-corrected chi connectivity index (χ1v) is 45.6. The second-order valence-corrected chi connectivity index (χ2v) is 32.9. The Kier molecular flexibility index (Phi) is 73.5. The van der Waals surface area contributed by atoms with Gasteiger partial charge in [-0.3, -0.25) is 37.3 Å². The largest absolute Gasteiger partial charge is 0.472 e. The van der Waals surface area contributed by atoms with Crippen molar-refractivity contribution in [1.29, 1.82) is 0 Å². The number of aliphatic hydroxyl groups excluding tert-OH is 1. The van der Waals surface area contributed by atoms with Crippen molar-refractivity contribution in [3.8, 4) is 0 Å². The van der Waals surface area contributed by atoms with Crippen LogP contribution in [0.25, 0.3) is 0 Å². The van der Waals surface area contributed by atoms with Gasteiger partial charge in [0.05, 0.1) is 26.4 Å². The summed E-state index contributed by atoms with van der Waals surface area (Å²) in [5.74, 6) is -1.32. The Morgan fingerprint density at radius 2 is 0.455 bits per heavy atom. The Hall–Kier alpha value is -1.94. The fourth-order valence-electron chi connectivity index (χ4n) is 12.8. The monoisotopic (exact) mass is 1480 g/mol. The van der Waals surface area contributed by atoms with Crippen LogP contribution >= 0.6 is 15.6 Å². The molecular weight excluding hydrogens is 1320 g/mol. The zero-order valence-electron chi connectivity index (χ0n) is 66.1. The van der Waals surface area contributed by atoms with E-state index >= 15 is 0 Å². The van der Waals surface area contributed by atoms with Crippen LogP contribution in [0.1, 0.15) is 439 Å². The molecule has 0 rings (SSSR count). The molecule has 0 aliphatic carbocycles. The molecule has 101 heavy (non-hydrogen) atoms. The average molecular weight is 1480 g/mol. The minimum atomic E-state index is -4.96. The predicted octanol–water partition coefficient (Wildman–Crippen LogP) is 24.8. The molecule has 0 aromatic carbocycles. The molecule has 0 aromatic heterocycles. The van der Waals surface area contributed by atoms with Gasteiger partial charge in [0, 0.05) is 25.7 Å². The number of rotatable bonds is 82. The van der Waals surface area contributed by atoms with Gasteiger partial charge in [-0.05, 0) is 31.6 Å². The summed E-state index contributed by atoms with van der Waals surface area (Å²) in [7, 11) is -9.92. The fraction of sp³-hybridized carbons (Fsp3) is 0.951. The molecule has 3 N–H and O–H groups in total. The summed E-state index contributed by atoms with van der Waals surface area (Å²) in [6.07, 6.45) is 66.5. The Balaban J connectivity index is 5.23. The topological polar surface area (TPSA) is 237 Å². The van der Waals surface area contributed by atoms with Crippen LogP contribution in [0.4, 0.5) is 0 Å². The van der Waals surface area contributed by atoms with Gasteiger partial charge in [-0.15, -0.1) is 0 Å². The molecule has 0 spiro atoms. The third kappa shape index (κ3) is 76.1. The number of carbonyl (C=O) groups excluding carboxylic acids is 4. The van der Waals surface area contributed by atoms with Gasteiger partial charge < -0.3 is 33.8 Å². The van der Waals surface area contributed by atoms with Gasteiger partial charge in [0.25, 0.3) is 0 Å². The molecule has 17 nitrogen and oxygen atoms in total. The van der Waals surface area contributed by atoms with E-state index in [0.717, 1.165) is 95.8 Å². The van der Waals surface area contributed by atoms with Crippen LogP contribution in [0.2, 0.25) is 0 Å². The normalized spacial score (nSPS) is 13.8. The Morgan fingerprint density at radius 3 is 0.673 bits per heavy atom. The highest BCUT2D eigenvalue weighted by Crippen LogP contribution is 2.45. The molecule has 0 bridgehead atoms. The van der Waals surface area contributed by atoms with Crippen LogP contribution in [-0.2, 0) is 65.4 Å². The smallest absolute Gasteiger partial charge is 0.462 e. The van der Waals surface area contributed by atoms with E-state index in [2.05, 4.69) is 34.6 Å². The summed E-state index contributed by atoms with van der Waals surface area (Å²) in [6.45, 7) is 7.35. The van der Waals surface area contributed by atoms with E-state index in [1.807, 2.05) is 0 Å². The minimum absolute atomic E-state index is 0.109. The van der Waals surface area contributed by atoms with Crippen molar-refractivity contribution in [1.82, 2.24) is 0 Å². The van der Waals surface area contributed by atoms with Gasteiger partial charge in [-0.25, -0.2) is 9.13 Å². The molecule has 0 aliphatic heterocycles. The number of aliphatic hydroxyl groups is 1. The molecule has 0 saturated carbocycles. The zero-order valence-corrected chi connectivity index (χ0v) is 67.8. The van der Waals surface area contributed by atoms with Gasteiger partial charge in [0.15, 0.2) is 12.2 Å². The lowest BCUT2D eigenvalue weighted by molar-refractivity contribution is -0.161. The molecule has 0 saturated heterocycles. The minimum Gasteiger partial charge on any atom is -0.462 e. The summed E-state index contributed by atoms with van der Waals surface area (Å²) in [5, 5.41) is 10.6. The molecule has 0 aliphatic rings. The molecule has 0 fully saturated rings. The molecule has 0 amide bonds. The van der Waals surface area contributed by atoms with E-state index in [0.29, 0.717) is 25.7 Å². The maximum Gasteiger partial charge on any atom is 0.472 e. The number of phosphoric ester groups is 2. The van der Waals surface area contributed by atoms with Crippen molar-refractivity contribution in [2.45, 2.75) is 457 Å². The van der Waals surface area contributed by atoms with Crippen molar-refractivity contribution < 1.29 is 80.2 Å². The Labute approximate surface area is 619 Å². The Morgan fingerprint density at radius 1 is 0.267 bits per heavy atom. The lowest BCUT2D eigenvalue weighted by Crippen LogP contribution is -2.30. The molecule has 0 aromatic rings. The van der Waals surface area contributed by atoms with Crippen molar-refractivity contribution in [2.75, 3.05) is 39.6 Å². The molecule has 5 atom stereocenters. The third-order valence-corrected chi connectivity index (χ3v) is 21.2. The first-order valence-electron chi connectivity index (χ1n) is 42.6. The first kappa shape index (κ1) is 99.1. The Bertz CT molecular complexity index is 1930. The van der Waals surface area contributed by atoms with Gasteiger partial charge in [-0.2, -0.15) is 0 Å². The highest BCUT2D eigenvalue weighted by atomic mass is 31.2. The molecule has 0 heterocycles. The SMILES string of the molecule is CCCCCCCCCCCCCCCCCCCCCCCC(=O)O[C@H](COC(=O)CCCCCCCCCCCCCCC(C)C)COP(=O)(O)OC[C@@H](O)COP(=O)(O)OC[C@@H](COC(=O)CCCCCCCCCCCCC)OC(=O)CCCCCCCCCCCCCCCC. The van der Waals surface area contributed by atoms with Crippen molar-refractivity contribution in [2.24, 2.45) is 5.92 Å². The molecule has 600 valence electrons. The van der Waals surface area contributed by atoms with E-state index in [4.69, 9.17) is 37.0 Å². The van der Waals surface area contributed by atoms with Crippen molar-refractivity contribution in [3.63, 3.8) is 0 Å². The van der Waals surface area contributed by atoms with Crippen LogP contribution in [-0.4, -0.2) is 96.7 Å². The maximum absolute atomic E-state index is 13.1. The number of unbranched alkanes of at least 4 members (excludes halogenated alkanes) is 54. The lowest BCUT2D eigenvalue weighted by atomic mass is 10.0. The van der Waals surface area contributed by atoms with Gasteiger partial charge >= 0.3 is 39.5 Å². The standard InChI is InChI=1S/C82H160O17P2/c1-6-9-12-15-18-21-24-26-28-29-30-31-32-33-34-36-43-48-53-58-63-68-82(87)99-78(72-93-80(85)66-61-56-51-46-41-38-37-40-44-49-54-59-64-75(4)5)74-97-101(90,91)95-70-76(83)69-94-100(88,89)96-73-77(71-92-79(84)65-60-55-50-45-39-23-20-17-14-11-8-3)98-81(86)67-62-57-52-47-42-35-27-25-22-19-16-13-10-7-2/h75-78,83H,6-74H2,1-5H3,(H,88,89)(H,90,91)/t76-,77+,78+/m0/s1. The first-order chi connectivity index (χ1) is 49.0. The number of phosphoric acid groups is 2. The number of hydrogen-bond donors (Lipinski definition) is 3. The van der Waals surface area contributed by atoms with E-state index in [9.17, 15) is 43.2 Å². The van der Waals surface area contributed by atoms with Crippen LogP contribution in [0.15, 0.2) is 0 Å². The highest BCUT2D eigenvalue weighted by Gasteiger charge is 2.30. The van der Waals surface area contributed by atoms with E-state index in [1.54, 1.807) is 0 Å². The molecule has 0 radical (unpaired) electrons. The zero-order chi connectivity index (χ0) is 74.1. The van der Waals surface area contributed by atoms with E-state index in [1.165, 1.54) is 263 Å². The number of ether oxygens (including phenoxy) is 4. The van der Waals surface area contributed by atoms with E-state index in [-0.39, 0.29) is 25.7 Å². The summed E-state index contributed by atoms with van der Waals surface area (Å²) in [5.41, 5.74) is 0. The number of carbonyl (C=O) groups is 4. The predicted molar refractivity (Wildman–Crippen MR) is 414 cm³/mol. The quantitative estimate of drug-likeness (QED) is 0.0222. The molecule has 19 heteroatoms. The van der Waals surface area contributed by atoms with Crippen LogP contribution < -0.4 is 0 Å². The van der Waals surface area contributed by atoms with Crippen LogP contribution in [0.3, 0.4) is 0 Å². The molecular formula is C82H160O17P2. The maximum atomic E-state index is 13.1. The van der Waals surface area contributed by atoms with Crippen molar-refractivity contribution in [3.05, 3.63) is 0 Å². The average Bonchev–Trinajstić information content (AvgIpc) is 0.924. The van der Waals surface area contributed by atoms with Crippen molar-refractivity contribution >= 4 is 39.5 Å². The number of esters is 4.